The van der Waals surface area contributed by atoms with Gasteiger partial charge in [-0.15, -0.1) is 0 Å². The van der Waals surface area contributed by atoms with Gasteiger partial charge in [0, 0.05) is 10.0 Å². The molecule has 0 aromatic heterocycles. The van der Waals surface area contributed by atoms with Crippen molar-refractivity contribution in [3.05, 3.63) is 63.1 Å². The van der Waals surface area contributed by atoms with Crippen LogP contribution < -0.4 is 10.5 Å². The quantitative estimate of drug-likeness (QED) is 0.829. The van der Waals surface area contributed by atoms with Gasteiger partial charge >= 0.3 is 0 Å². The molecule has 2 rings (SSSR count). The molecule has 0 unspecified atom stereocenters. The molecule has 5 heteroatoms. The molecule has 0 aliphatic heterocycles. The van der Waals surface area contributed by atoms with Crippen molar-refractivity contribution in [1.82, 2.24) is 0 Å². The predicted molar refractivity (Wildman–Crippen MR) is 85.8 cm³/mol. The lowest BCUT2D eigenvalue weighted by Gasteiger charge is -2.09. The second-order valence-corrected chi connectivity index (χ2v) is 5.69. The smallest absolute Gasteiger partial charge is 0.139 e. The number of nitrogens with two attached hydrogens (primary N) is 1. The van der Waals surface area contributed by atoms with E-state index in [0.717, 1.165) is 15.6 Å². The first-order valence-electron chi connectivity index (χ1n) is 5.53. The van der Waals surface area contributed by atoms with E-state index in [4.69, 9.17) is 34.3 Å². The summed E-state index contributed by atoms with van der Waals surface area (Å²) in [5.74, 6) is 0.636. The summed E-state index contributed by atoms with van der Waals surface area (Å²) in [5, 5.41) is 0.578. The van der Waals surface area contributed by atoms with E-state index >= 15 is 0 Å². The molecule has 2 aromatic carbocycles. The average molecular weight is 357 g/mol. The van der Waals surface area contributed by atoms with Gasteiger partial charge in [-0.05, 0) is 29.8 Å². The zero-order valence-electron chi connectivity index (χ0n) is 9.90. The Kier molecular flexibility index (Phi) is 4.80. The Morgan fingerprint density at radius 3 is 2.79 bits per heavy atom. The molecular weight excluding hydrogens is 346 g/mol. The predicted octanol–water partition coefficient (Wildman–Crippen LogP) is 4.32. The van der Waals surface area contributed by atoms with Crippen molar-refractivity contribution in [2.75, 3.05) is 0 Å². The van der Waals surface area contributed by atoms with Crippen LogP contribution in [0.15, 0.2) is 46.9 Å². The second kappa shape index (κ2) is 6.37. The number of rotatable bonds is 4. The van der Waals surface area contributed by atoms with E-state index in [-0.39, 0.29) is 0 Å². The third kappa shape index (κ3) is 3.93. The van der Waals surface area contributed by atoms with Crippen molar-refractivity contribution in [2.45, 2.75) is 6.61 Å². The lowest BCUT2D eigenvalue weighted by molar-refractivity contribution is 0.306. The Labute approximate surface area is 130 Å². The summed E-state index contributed by atoms with van der Waals surface area (Å²) < 4.78 is 6.61. The monoisotopic (exact) mass is 355 g/mol. The number of halogens is 2. The van der Waals surface area contributed by atoms with Crippen LogP contribution in [0.3, 0.4) is 0 Å². The highest BCUT2D eigenvalue weighted by atomic mass is 79.9. The van der Waals surface area contributed by atoms with Crippen molar-refractivity contribution in [3.8, 4) is 5.75 Å². The molecule has 0 saturated heterocycles. The molecule has 0 amide bonds. The molecule has 0 spiro atoms. The Bertz CT molecular complexity index is 618. The van der Waals surface area contributed by atoms with Crippen LogP contribution in [0.2, 0.25) is 5.02 Å². The van der Waals surface area contributed by atoms with Crippen molar-refractivity contribution in [3.63, 3.8) is 0 Å². The van der Waals surface area contributed by atoms with E-state index in [9.17, 15) is 0 Å². The van der Waals surface area contributed by atoms with Gasteiger partial charge in [-0.3, -0.25) is 0 Å². The lowest BCUT2D eigenvalue weighted by Crippen LogP contribution is -2.09. The minimum atomic E-state index is 0.377. The van der Waals surface area contributed by atoms with Crippen molar-refractivity contribution < 1.29 is 4.74 Å². The fourth-order valence-corrected chi connectivity index (χ4v) is 2.20. The first-order chi connectivity index (χ1) is 9.06. The molecular formula is C14H11BrClNOS. The molecule has 0 radical (unpaired) electrons. The van der Waals surface area contributed by atoms with Crippen LogP contribution in [-0.4, -0.2) is 4.99 Å². The van der Waals surface area contributed by atoms with E-state index in [1.54, 1.807) is 6.07 Å². The van der Waals surface area contributed by atoms with Gasteiger partial charge in [-0.1, -0.05) is 57.9 Å². The number of ether oxygens (including phenoxy) is 1. The molecule has 19 heavy (non-hydrogen) atoms. The maximum absolute atomic E-state index is 6.06. The maximum Gasteiger partial charge on any atom is 0.139 e. The molecule has 0 atom stereocenters. The van der Waals surface area contributed by atoms with Crippen LogP contribution >= 0.6 is 39.7 Å². The Hall–Kier alpha value is -1.10. The molecule has 0 aliphatic carbocycles. The summed E-state index contributed by atoms with van der Waals surface area (Å²) in [4.78, 5) is 0.377. The van der Waals surface area contributed by atoms with Gasteiger partial charge in [0.2, 0.25) is 0 Å². The van der Waals surface area contributed by atoms with Crippen LogP contribution in [0.25, 0.3) is 0 Å². The first kappa shape index (κ1) is 14.3. The third-order valence-electron chi connectivity index (χ3n) is 2.50. The maximum atomic E-state index is 6.06. The van der Waals surface area contributed by atoms with Gasteiger partial charge in [0.15, 0.2) is 0 Å². The Morgan fingerprint density at radius 2 is 2.05 bits per heavy atom. The van der Waals surface area contributed by atoms with Crippen LogP contribution in [0, 0.1) is 0 Å². The molecule has 2 nitrogen and oxygen atoms in total. The van der Waals surface area contributed by atoms with Gasteiger partial charge in [0.05, 0.1) is 5.02 Å². The van der Waals surface area contributed by atoms with Gasteiger partial charge in [-0.2, -0.15) is 0 Å². The van der Waals surface area contributed by atoms with E-state index in [1.165, 1.54) is 0 Å². The highest BCUT2D eigenvalue weighted by molar-refractivity contribution is 9.10. The zero-order valence-corrected chi connectivity index (χ0v) is 13.1. The number of hydrogen-bond acceptors (Lipinski definition) is 2. The van der Waals surface area contributed by atoms with Crippen molar-refractivity contribution in [1.29, 1.82) is 0 Å². The summed E-state index contributed by atoms with van der Waals surface area (Å²) in [5.41, 5.74) is 7.41. The fourth-order valence-electron chi connectivity index (χ4n) is 1.56. The zero-order chi connectivity index (χ0) is 13.8. The first-order valence-corrected chi connectivity index (χ1v) is 7.11. The molecule has 2 aromatic rings. The summed E-state index contributed by atoms with van der Waals surface area (Å²) in [7, 11) is 0. The average Bonchev–Trinajstić information content (AvgIpc) is 2.40. The van der Waals surface area contributed by atoms with Crippen LogP contribution in [0.1, 0.15) is 11.1 Å². The summed E-state index contributed by atoms with van der Waals surface area (Å²) in [6.07, 6.45) is 0. The molecule has 0 saturated carbocycles. The van der Waals surface area contributed by atoms with E-state index < -0.39 is 0 Å². The second-order valence-electron chi connectivity index (χ2n) is 3.93. The minimum absolute atomic E-state index is 0.377. The van der Waals surface area contributed by atoms with E-state index in [0.29, 0.717) is 22.4 Å². The lowest BCUT2D eigenvalue weighted by atomic mass is 10.1. The largest absolute Gasteiger partial charge is 0.487 e. The Balaban J connectivity index is 2.12. The topological polar surface area (TPSA) is 35.2 Å². The number of hydrogen-bond donors (Lipinski definition) is 1. The molecule has 0 bridgehead atoms. The van der Waals surface area contributed by atoms with Crippen LogP contribution in [0.4, 0.5) is 0 Å². The molecule has 0 aliphatic rings. The fraction of sp³-hybridized carbons (Fsp3) is 0.0714. The Morgan fingerprint density at radius 1 is 1.26 bits per heavy atom. The van der Waals surface area contributed by atoms with Gasteiger partial charge in [-0.25, -0.2) is 0 Å². The summed E-state index contributed by atoms with van der Waals surface area (Å²) in [6, 6.07) is 13.1. The van der Waals surface area contributed by atoms with Crippen molar-refractivity contribution in [2.24, 2.45) is 5.73 Å². The molecule has 2 N–H and O–H groups in total. The van der Waals surface area contributed by atoms with Gasteiger partial charge in [0.1, 0.15) is 17.3 Å². The SMILES string of the molecule is NC(=S)c1cccc(COc2cc(Br)ccc2Cl)c1. The van der Waals surface area contributed by atoms with Crippen LogP contribution in [0.5, 0.6) is 5.75 Å². The standard InChI is InChI=1S/C14H11BrClNOS/c15-11-4-5-12(16)13(7-11)18-8-9-2-1-3-10(6-9)14(17)19/h1-7H,8H2,(H2,17,19). The summed E-state index contributed by atoms with van der Waals surface area (Å²) in [6.45, 7) is 0.409. The minimum Gasteiger partial charge on any atom is -0.487 e. The number of benzene rings is 2. The molecule has 98 valence electrons. The summed E-state index contributed by atoms with van der Waals surface area (Å²) >= 11 is 14.4. The van der Waals surface area contributed by atoms with E-state index in [2.05, 4.69) is 15.9 Å². The number of thiocarbonyl (C=S) groups is 1. The highest BCUT2D eigenvalue weighted by Gasteiger charge is 2.04. The van der Waals surface area contributed by atoms with Gasteiger partial charge in [0.25, 0.3) is 0 Å². The molecule has 0 fully saturated rings. The normalized spacial score (nSPS) is 10.2. The van der Waals surface area contributed by atoms with E-state index in [1.807, 2.05) is 36.4 Å². The van der Waals surface area contributed by atoms with Crippen LogP contribution in [-0.2, 0) is 6.61 Å². The van der Waals surface area contributed by atoms with Gasteiger partial charge < -0.3 is 10.5 Å². The third-order valence-corrected chi connectivity index (χ3v) is 3.54. The molecule has 0 heterocycles. The van der Waals surface area contributed by atoms with Crippen molar-refractivity contribution >= 4 is 44.7 Å². The highest BCUT2D eigenvalue weighted by Crippen LogP contribution is 2.28.